The number of para-hydroxylation sites is 1. The minimum absolute atomic E-state index is 0.0168. The van der Waals surface area contributed by atoms with Gasteiger partial charge in [0.2, 0.25) is 11.9 Å². The molecule has 180 valence electrons. The van der Waals surface area contributed by atoms with Crippen LogP contribution in [-0.2, 0) is 11.3 Å². The summed E-state index contributed by atoms with van der Waals surface area (Å²) in [6.45, 7) is 2.22. The van der Waals surface area contributed by atoms with Crippen molar-refractivity contribution >= 4 is 46.0 Å². The quantitative estimate of drug-likeness (QED) is 0.249. The molecule has 0 radical (unpaired) electrons. The highest BCUT2D eigenvalue weighted by atomic mass is 16.5. The van der Waals surface area contributed by atoms with Crippen molar-refractivity contribution in [2.75, 3.05) is 24.8 Å². The van der Waals surface area contributed by atoms with Gasteiger partial charge in [0.1, 0.15) is 17.2 Å². The van der Waals surface area contributed by atoms with E-state index in [1.807, 2.05) is 43.3 Å². The van der Waals surface area contributed by atoms with Gasteiger partial charge in [-0.15, -0.1) is 0 Å². The molecule has 0 atom stereocenters. The number of benzene rings is 2. The van der Waals surface area contributed by atoms with Crippen LogP contribution in [0.15, 0.2) is 54.7 Å². The van der Waals surface area contributed by atoms with Gasteiger partial charge in [-0.05, 0) is 35.9 Å². The molecule has 0 saturated carbocycles. The average Bonchev–Trinajstić information content (AvgIpc) is 3.36. The number of methoxy groups -OCH3 is 1. The fourth-order valence-corrected chi connectivity index (χ4v) is 3.54. The molecule has 0 aliphatic carbocycles. The standard InChI is InChI=1S/C25H27N7O3/c1-4-21(33)28-14-15-9-10-19(20(13-15)35-3)30-25-31-22-17(11-12-27-22)23(32-25)29-18-8-6-5-7-16(18)24(34)26-2/h5-13H,4,14H2,1-3H3,(H,26,34)(H,28,33)(H3,27,29,30,31,32). The van der Waals surface area contributed by atoms with Crippen LogP contribution in [0.3, 0.4) is 0 Å². The molecule has 0 aliphatic heterocycles. The molecule has 5 N–H and O–H groups in total. The molecule has 0 spiro atoms. The lowest BCUT2D eigenvalue weighted by atomic mass is 10.1. The first-order valence-electron chi connectivity index (χ1n) is 11.2. The molecule has 2 aromatic heterocycles. The molecule has 0 bridgehead atoms. The zero-order valence-corrected chi connectivity index (χ0v) is 19.7. The van der Waals surface area contributed by atoms with Gasteiger partial charge >= 0.3 is 0 Å². The van der Waals surface area contributed by atoms with Gasteiger partial charge in [-0.25, -0.2) is 0 Å². The van der Waals surface area contributed by atoms with Crippen molar-refractivity contribution in [1.29, 1.82) is 0 Å². The topological polar surface area (TPSA) is 133 Å². The number of amides is 2. The second kappa shape index (κ2) is 10.6. The largest absolute Gasteiger partial charge is 0.495 e. The number of carbonyl (C=O) groups is 2. The molecule has 2 amide bonds. The van der Waals surface area contributed by atoms with E-state index < -0.39 is 0 Å². The van der Waals surface area contributed by atoms with Crippen LogP contribution in [0.4, 0.5) is 23.1 Å². The molecule has 4 rings (SSSR count). The smallest absolute Gasteiger partial charge is 0.253 e. The number of rotatable bonds is 9. The van der Waals surface area contributed by atoms with E-state index in [9.17, 15) is 9.59 Å². The Morgan fingerprint density at radius 1 is 1.03 bits per heavy atom. The van der Waals surface area contributed by atoms with E-state index in [0.717, 1.165) is 10.9 Å². The van der Waals surface area contributed by atoms with Crippen molar-refractivity contribution < 1.29 is 14.3 Å². The Bertz CT molecular complexity index is 1370. The van der Waals surface area contributed by atoms with Gasteiger partial charge < -0.3 is 31.0 Å². The molecule has 0 saturated heterocycles. The molecule has 2 aromatic carbocycles. The Balaban J connectivity index is 1.64. The van der Waals surface area contributed by atoms with Gasteiger partial charge in [-0.3, -0.25) is 9.59 Å². The predicted octanol–water partition coefficient (Wildman–Crippen LogP) is 3.84. The summed E-state index contributed by atoms with van der Waals surface area (Å²) in [5, 5.41) is 12.8. The van der Waals surface area contributed by atoms with E-state index in [-0.39, 0.29) is 11.8 Å². The van der Waals surface area contributed by atoms with E-state index in [1.165, 1.54) is 0 Å². The van der Waals surface area contributed by atoms with Crippen LogP contribution in [0, 0.1) is 0 Å². The van der Waals surface area contributed by atoms with Gasteiger partial charge in [0.05, 0.1) is 29.4 Å². The molecule has 35 heavy (non-hydrogen) atoms. The number of hydrogen-bond acceptors (Lipinski definition) is 7. The minimum atomic E-state index is -0.203. The van der Waals surface area contributed by atoms with Gasteiger partial charge in [0.15, 0.2) is 0 Å². The van der Waals surface area contributed by atoms with Crippen molar-refractivity contribution in [1.82, 2.24) is 25.6 Å². The maximum absolute atomic E-state index is 12.3. The SMILES string of the molecule is CCC(=O)NCc1ccc(Nc2nc(Nc3ccccc3C(=O)NC)c3cc[nH]c3n2)c(OC)c1. The molecule has 10 heteroatoms. The number of fused-ring (bicyclic) bond motifs is 1. The van der Waals surface area contributed by atoms with Gasteiger partial charge in [-0.1, -0.05) is 25.1 Å². The zero-order chi connectivity index (χ0) is 24.8. The highest BCUT2D eigenvalue weighted by Gasteiger charge is 2.15. The number of hydrogen-bond donors (Lipinski definition) is 5. The second-order valence-corrected chi connectivity index (χ2v) is 7.68. The van der Waals surface area contributed by atoms with Crippen LogP contribution in [0.5, 0.6) is 5.75 Å². The maximum Gasteiger partial charge on any atom is 0.253 e. The Kier molecular flexibility index (Phi) is 7.10. The van der Waals surface area contributed by atoms with Crippen molar-refractivity contribution in [2.24, 2.45) is 0 Å². The van der Waals surface area contributed by atoms with E-state index in [0.29, 0.717) is 53.1 Å². The van der Waals surface area contributed by atoms with Gasteiger partial charge in [0, 0.05) is 26.2 Å². The first-order valence-corrected chi connectivity index (χ1v) is 11.2. The predicted molar refractivity (Wildman–Crippen MR) is 135 cm³/mol. The summed E-state index contributed by atoms with van der Waals surface area (Å²) in [5.74, 6) is 1.24. The number of aromatic amines is 1. The summed E-state index contributed by atoms with van der Waals surface area (Å²) >= 11 is 0. The number of anilines is 4. The lowest BCUT2D eigenvalue weighted by Crippen LogP contribution is -2.21. The summed E-state index contributed by atoms with van der Waals surface area (Å²) in [6, 6.07) is 14.7. The van der Waals surface area contributed by atoms with Crippen LogP contribution in [0.2, 0.25) is 0 Å². The Morgan fingerprint density at radius 3 is 2.63 bits per heavy atom. The highest BCUT2D eigenvalue weighted by molar-refractivity contribution is 6.01. The van der Waals surface area contributed by atoms with E-state index in [1.54, 1.807) is 32.5 Å². The first kappa shape index (κ1) is 23.6. The number of nitrogens with zero attached hydrogens (tertiary/aromatic N) is 2. The Hall–Kier alpha value is -4.60. The van der Waals surface area contributed by atoms with Crippen LogP contribution >= 0.6 is 0 Å². The molecular formula is C25H27N7O3. The lowest BCUT2D eigenvalue weighted by Gasteiger charge is -2.15. The maximum atomic E-state index is 12.3. The fraction of sp³-hybridized carbons (Fsp3) is 0.200. The first-order chi connectivity index (χ1) is 17.0. The summed E-state index contributed by atoms with van der Waals surface area (Å²) in [4.78, 5) is 36.2. The average molecular weight is 474 g/mol. The molecule has 0 aliphatic rings. The lowest BCUT2D eigenvalue weighted by molar-refractivity contribution is -0.120. The molecular weight excluding hydrogens is 446 g/mol. The third kappa shape index (κ3) is 5.32. The van der Waals surface area contributed by atoms with Gasteiger partial charge in [-0.2, -0.15) is 9.97 Å². The monoisotopic (exact) mass is 473 g/mol. The van der Waals surface area contributed by atoms with Crippen LogP contribution in [0.1, 0.15) is 29.3 Å². The minimum Gasteiger partial charge on any atom is -0.495 e. The number of carbonyl (C=O) groups excluding carboxylic acids is 2. The highest BCUT2D eigenvalue weighted by Crippen LogP contribution is 2.31. The third-order valence-electron chi connectivity index (χ3n) is 5.39. The van der Waals surface area contributed by atoms with Crippen LogP contribution in [0.25, 0.3) is 11.0 Å². The summed E-state index contributed by atoms with van der Waals surface area (Å²) < 4.78 is 5.55. The molecule has 2 heterocycles. The second-order valence-electron chi connectivity index (χ2n) is 7.68. The third-order valence-corrected chi connectivity index (χ3v) is 5.39. The summed E-state index contributed by atoms with van der Waals surface area (Å²) in [7, 11) is 3.17. The summed E-state index contributed by atoms with van der Waals surface area (Å²) in [6.07, 6.45) is 2.21. The fourth-order valence-electron chi connectivity index (χ4n) is 3.54. The number of ether oxygens (including phenoxy) is 1. The number of aromatic nitrogens is 3. The molecule has 0 fully saturated rings. The molecule has 4 aromatic rings. The van der Waals surface area contributed by atoms with Crippen molar-refractivity contribution in [3.63, 3.8) is 0 Å². The Morgan fingerprint density at radius 2 is 1.86 bits per heavy atom. The van der Waals surface area contributed by atoms with Gasteiger partial charge in [0.25, 0.3) is 5.91 Å². The van der Waals surface area contributed by atoms with E-state index >= 15 is 0 Å². The van der Waals surface area contributed by atoms with E-state index in [2.05, 4.69) is 36.2 Å². The molecule has 0 unspecified atom stereocenters. The normalized spacial score (nSPS) is 10.6. The van der Waals surface area contributed by atoms with Crippen LogP contribution < -0.4 is 26.0 Å². The van der Waals surface area contributed by atoms with Crippen molar-refractivity contribution in [2.45, 2.75) is 19.9 Å². The number of H-pyrrole nitrogens is 1. The zero-order valence-electron chi connectivity index (χ0n) is 19.7. The number of nitrogens with one attached hydrogen (secondary N) is 5. The summed E-state index contributed by atoms with van der Waals surface area (Å²) in [5.41, 5.74) is 3.32. The van der Waals surface area contributed by atoms with Crippen LogP contribution in [-0.4, -0.2) is 40.9 Å². The molecule has 10 nitrogen and oxygen atoms in total. The van der Waals surface area contributed by atoms with Crippen molar-refractivity contribution in [3.05, 3.63) is 65.9 Å². The Labute approximate surface area is 202 Å². The van der Waals surface area contributed by atoms with E-state index in [4.69, 9.17) is 4.74 Å². The van der Waals surface area contributed by atoms with Crippen molar-refractivity contribution in [3.8, 4) is 5.75 Å².